The molecule has 2 rings (SSSR count). The molecule has 0 spiro atoms. The maximum Gasteiger partial charge on any atom is 0.231 e. The minimum absolute atomic E-state index is 0.618. The third-order valence-electron chi connectivity index (χ3n) is 2.57. The van der Waals surface area contributed by atoms with Crippen LogP contribution in [-0.2, 0) is 0 Å². The van der Waals surface area contributed by atoms with Gasteiger partial charge in [-0.25, -0.2) is 0 Å². The Morgan fingerprint density at radius 1 is 1.12 bits per heavy atom. The van der Waals surface area contributed by atoms with Crippen LogP contribution < -0.4 is 15.5 Å². The van der Waals surface area contributed by atoms with Crippen LogP contribution in [0.1, 0.15) is 19.8 Å². The molecule has 1 aromatic rings. The Hall–Kier alpha value is -1.59. The number of nitrogens with one attached hydrogen (secondary N) is 2. The molecule has 0 bridgehead atoms. The molecule has 1 aliphatic heterocycles. The molecule has 0 unspecified atom stereocenters. The van der Waals surface area contributed by atoms with Crippen LogP contribution in [0.2, 0.25) is 0 Å². The molecule has 1 aromatic heterocycles. The lowest BCUT2D eigenvalue weighted by atomic mass is 10.4. The Morgan fingerprint density at radius 3 is 2.44 bits per heavy atom. The Labute approximate surface area is 95.5 Å². The molecule has 2 heterocycles. The van der Waals surface area contributed by atoms with Crippen molar-refractivity contribution in [2.24, 2.45) is 0 Å². The molecule has 0 aromatic carbocycles. The van der Waals surface area contributed by atoms with E-state index >= 15 is 0 Å². The van der Waals surface area contributed by atoms with Crippen molar-refractivity contribution in [2.75, 3.05) is 42.2 Å². The zero-order valence-electron chi connectivity index (χ0n) is 9.82. The maximum atomic E-state index is 4.41. The topological polar surface area (TPSA) is 66.0 Å². The van der Waals surface area contributed by atoms with Gasteiger partial charge in [-0.3, -0.25) is 0 Å². The third kappa shape index (κ3) is 2.32. The molecule has 2 N–H and O–H groups in total. The van der Waals surface area contributed by atoms with E-state index in [9.17, 15) is 0 Å². The fourth-order valence-electron chi connectivity index (χ4n) is 1.77. The number of aromatic nitrogens is 3. The smallest absolute Gasteiger partial charge is 0.231 e. The molecular weight excluding hydrogens is 204 g/mol. The Morgan fingerprint density at radius 2 is 1.81 bits per heavy atom. The van der Waals surface area contributed by atoms with Gasteiger partial charge in [-0.2, -0.15) is 15.0 Å². The van der Waals surface area contributed by atoms with Crippen molar-refractivity contribution < 1.29 is 0 Å². The highest BCUT2D eigenvalue weighted by Crippen LogP contribution is 2.18. The second-order valence-electron chi connectivity index (χ2n) is 3.76. The van der Waals surface area contributed by atoms with E-state index in [1.54, 1.807) is 0 Å². The summed E-state index contributed by atoms with van der Waals surface area (Å²) in [5, 5.41) is 6.08. The van der Waals surface area contributed by atoms with Crippen LogP contribution in [-0.4, -0.2) is 41.6 Å². The predicted octanol–water partition coefficient (Wildman–Crippen LogP) is 0.945. The molecule has 1 fully saturated rings. The van der Waals surface area contributed by atoms with E-state index in [2.05, 4.69) is 30.5 Å². The van der Waals surface area contributed by atoms with Gasteiger partial charge in [0.05, 0.1) is 0 Å². The number of rotatable bonds is 4. The molecule has 0 atom stereocenters. The fourth-order valence-corrected chi connectivity index (χ4v) is 1.77. The second kappa shape index (κ2) is 4.96. The Balaban J connectivity index is 2.24. The van der Waals surface area contributed by atoms with Crippen LogP contribution in [0.15, 0.2) is 0 Å². The van der Waals surface area contributed by atoms with Crippen LogP contribution in [0.3, 0.4) is 0 Å². The highest BCUT2D eigenvalue weighted by Gasteiger charge is 2.16. The van der Waals surface area contributed by atoms with Gasteiger partial charge in [0.15, 0.2) is 0 Å². The molecule has 16 heavy (non-hydrogen) atoms. The van der Waals surface area contributed by atoms with Crippen LogP contribution in [0.5, 0.6) is 0 Å². The summed E-state index contributed by atoms with van der Waals surface area (Å²) in [7, 11) is 1.82. The highest BCUT2D eigenvalue weighted by atomic mass is 15.3. The van der Waals surface area contributed by atoms with Crippen LogP contribution in [0, 0.1) is 0 Å². The van der Waals surface area contributed by atoms with Gasteiger partial charge in [-0.1, -0.05) is 0 Å². The molecule has 0 radical (unpaired) electrons. The van der Waals surface area contributed by atoms with E-state index in [-0.39, 0.29) is 0 Å². The summed E-state index contributed by atoms with van der Waals surface area (Å²) >= 11 is 0. The molecule has 6 nitrogen and oxygen atoms in total. The molecule has 1 aliphatic rings. The molecule has 0 aliphatic carbocycles. The average molecular weight is 222 g/mol. The molecule has 0 amide bonds. The van der Waals surface area contributed by atoms with Crippen LogP contribution >= 0.6 is 0 Å². The van der Waals surface area contributed by atoms with Gasteiger partial charge >= 0.3 is 0 Å². The summed E-state index contributed by atoms with van der Waals surface area (Å²) < 4.78 is 0. The van der Waals surface area contributed by atoms with Gasteiger partial charge in [0, 0.05) is 26.7 Å². The van der Waals surface area contributed by atoms with Crippen molar-refractivity contribution in [1.82, 2.24) is 15.0 Å². The van der Waals surface area contributed by atoms with Gasteiger partial charge in [-0.05, 0) is 19.8 Å². The van der Waals surface area contributed by atoms with Crippen molar-refractivity contribution >= 4 is 17.8 Å². The first-order valence-electron chi connectivity index (χ1n) is 5.76. The van der Waals surface area contributed by atoms with Gasteiger partial charge in [-0.15, -0.1) is 0 Å². The molecule has 1 saturated heterocycles. The molecule has 88 valence electrons. The number of anilines is 3. The van der Waals surface area contributed by atoms with Crippen molar-refractivity contribution in [3.8, 4) is 0 Å². The van der Waals surface area contributed by atoms with E-state index < -0.39 is 0 Å². The summed E-state index contributed by atoms with van der Waals surface area (Å²) in [6, 6.07) is 0. The zero-order valence-corrected chi connectivity index (χ0v) is 9.82. The van der Waals surface area contributed by atoms with Crippen molar-refractivity contribution in [3.63, 3.8) is 0 Å². The third-order valence-corrected chi connectivity index (χ3v) is 2.57. The number of hydrogen-bond donors (Lipinski definition) is 2. The van der Waals surface area contributed by atoms with Gasteiger partial charge < -0.3 is 15.5 Å². The zero-order chi connectivity index (χ0) is 11.4. The van der Waals surface area contributed by atoms with Gasteiger partial charge in [0.2, 0.25) is 17.8 Å². The van der Waals surface area contributed by atoms with E-state index in [0.717, 1.165) is 25.6 Å². The summed E-state index contributed by atoms with van der Waals surface area (Å²) in [6.45, 7) is 4.92. The van der Waals surface area contributed by atoms with E-state index in [1.807, 2.05) is 14.0 Å². The fraction of sp³-hybridized carbons (Fsp3) is 0.700. The number of hydrogen-bond acceptors (Lipinski definition) is 6. The Kier molecular flexibility index (Phi) is 3.38. The molecular formula is C10H18N6. The van der Waals surface area contributed by atoms with Crippen LogP contribution in [0.25, 0.3) is 0 Å². The normalized spacial score (nSPS) is 15.2. The quantitative estimate of drug-likeness (QED) is 0.790. The Bertz CT molecular complexity index is 347. The van der Waals surface area contributed by atoms with Gasteiger partial charge in [0.25, 0.3) is 0 Å². The molecule has 6 heteroatoms. The number of nitrogens with zero attached hydrogens (tertiary/aromatic N) is 4. The summed E-state index contributed by atoms with van der Waals surface area (Å²) in [6.07, 6.45) is 2.44. The predicted molar refractivity (Wildman–Crippen MR) is 65.0 cm³/mol. The van der Waals surface area contributed by atoms with Gasteiger partial charge in [0.1, 0.15) is 0 Å². The van der Waals surface area contributed by atoms with E-state index in [0.29, 0.717) is 11.9 Å². The first kappa shape index (κ1) is 10.9. The van der Waals surface area contributed by atoms with E-state index in [4.69, 9.17) is 0 Å². The molecule has 0 saturated carbocycles. The summed E-state index contributed by atoms with van der Waals surface area (Å²) in [5.74, 6) is 2.03. The maximum absolute atomic E-state index is 4.41. The summed E-state index contributed by atoms with van der Waals surface area (Å²) in [4.78, 5) is 15.2. The first-order chi connectivity index (χ1) is 7.83. The van der Waals surface area contributed by atoms with Crippen LogP contribution in [0.4, 0.5) is 17.8 Å². The van der Waals surface area contributed by atoms with Crippen molar-refractivity contribution in [3.05, 3.63) is 0 Å². The van der Waals surface area contributed by atoms with E-state index in [1.165, 1.54) is 12.8 Å². The second-order valence-corrected chi connectivity index (χ2v) is 3.76. The summed E-state index contributed by atoms with van der Waals surface area (Å²) in [5.41, 5.74) is 0. The van der Waals surface area contributed by atoms with Crippen molar-refractivity contribution in [1.29, 1.82) is 0 Å². The first-order valence-corrected chi connectivity index (χ1v) is 5.76. The van der Waals surface area contributed by atoms with Crippen molar-refractivity contribution in [2.45, 2.75) is 19.8 Å². The minimum Gasteiger partial charge on any atom is -0.357 e. The minimum atomic E-state index is 0.618. The largest absolute Gasteiger partial charge is 0.357 e. The highest BCUT2D eigenvalue weighted by molar-refractivity contribution is 5.43. The monoisotopic (exact) mass is 222 g/mol. The average Bonchev–Trinajstić information content (AvgIpc) is 2.82. The lowest BCUT2D eigenvalue weighted by molar-refractivity contribution is 0.880. The lowest BCUT2D eigenvalue weighted by Crippen LogP contribution is -2.22. The lowest BCUT2D eigenvalue weighted by Gasteiger charge is -2.16. The SMILES string of the molecule is CCNc1nc(NC)nc(N2CCCC2)n1. The standard InChI is InChI=1S/C10H18N6/c1-3-12-9-13-8(11-2)14-10(15-9)16-6-4-5-7-16/h3-7H2,1-2H3,(H2,11,12,13,14,15).